The molecule has 0 aliphatic heterocycles. The molecule has 5 nitrogen and oxygen atoms in total. The highest BCUT2D eigenvalue weighted by atomic mass is 79.9. The Bertz CT molecular complexity index is 716. The smallest absolute Gasteiger partial charge is 0.162 e. The van der Waals surface area contributed by atoms with Crippen molar-refractivity contribution in [1.29, 1.82) is 0 Å². The summed E-state index contributed by atoms with van der Waals surface area (Å²) in [5.41, 5.74) is 2.10. The van der Waals surface area contributed by atoms with Gasteiger partial charge in [-0.25, -0.2) is 0 Å². The molecule has 0 saturated carbocycles. The quantitative estimate of drug-likeness (QED) is 0.424. The fourth-order valence-electron chi connectivity index (χ4n) is 2.49. The van der Waals surface area contributed by atoms with Gasteiger partial charge in [-0.15, -0.1) is 0 Å². The van der Waals surface area contributed by atoms with Gasteiger partial charge in [-0.2, -0.15) is 0 Å². The average Bonchev–Trinajstić information content (AvgIpc) is 2.65. The number of ether oxygens (including phenoxy) is 2. The second kappa shape index (κ2) is 12.2. The second-order valence-corrected chi connectivity index (χ2v) is 7.18. The van der Waals surface area contributed by atoms with Gasteiger partial charge in [0.2, 0.25) is 0 Å². The van der Waals surface area contributed by atoms with Gasteiger partial charge in [0.1, 0.15) is 6.61 Å². The van der Waals surface area contributed by atoms with Crippen LogP contribution in [0.1, 0.15) is 18.1 Å². The van der Waals surface area contributed by atoms with Crippen molar-refractivity contribution in [2.75, 3.05) is 32.8 Å². The van der Waals surface area contributed by atoms with E-state index in [1.54, 1.807) is 0 Å². The monoisotopic (exact) mass is 456 g/mol. The number of aliphatic hydroxyl groups is 1. The van der Waals surface area contributed by atoms with E-state index in [9.17, 15) is 0 Å². The number of benzene rings is 2. The molecule has 27 heavy (non-hydrogen) atoms. The van der Waals surface area contributed by atoms with Crippen LogP contribution in [0.3, 0.4) is 0 Å². The Kier molecular flexibility index (Phi) is 9.94. The Balaban J connectivity index is 1.99. The van der Waals surface area contributed by atoms with Crippen LogP contribution in [0.4, 0.5) is 0 Å². The molecule has 0 spiro atoms. The maximum Gasteiger partial charge on any atom is 0.162 e. The van der Waals surface area contributed by atoms with E-state index in [1.165, 1.54) is 0 Å². The third-order valence-corrected chi connectivity index (χ3v) is 4.75. The second-order valence-electron chi connectivity index (χ2n) is 5.89. The summed E-state index contributed by atoms with van der Waals surface area (Å²) in [5, 5.41) is 15.9. The molecular weight excluding hydrogens is 432 g/mol. The summed E-state index contributed by atoms with van der Waals surface area (Å²) in [4.78, 5) is 0. The maximum atomic E-state index is 8.75. The Morgan fingerprint density at radius 3 is 2.56 bits per heavy atom. The first-order chi connectivity index (χ1) is 13.1. The molecule has 2 rings (SSSR count). The van der Waals surface area contributed by atoms with Gasteiger partial charge < -0.3 is 25.2 Å². The van der Waals surface area contributed by atoms with Crippen molar-refractivity contribution in [3.63, 3.8) is 0 Å². The lowest BCUT2D eigenvalue weighted by Crippen LogP contribution is -2.28. The molecule has 0 aliphatic rings. The van der Waals surface area contributed by atoms with E-state index in [0.717, 1.165) is 34.4 Å². The highest BCUT2D eigenvalue weighted by Crippen LogP contribution is 2.34. The minimum atomic E-state index is 0.153. The van der Waals surface area contributed by atoms with Gasteiger partial charge in [-0.3, -0.25) is 0 Å². The predicted molar refractivity (Wildman–Crippen MR) is 113 cm³/mol. The molecule has 0 bridgehead atoms. The maximum absolute atomic E-state index is 8.75. The van der Waals surface area contributed by atoms with Crippen LogP contribution in [-0.2, 0) is 13.2 Å². The summed E-state index contributed by atoms with van der Waals surface area (Å²) >= 11 is 9.65. The van der Waals surface area contributed by atoms with Crippen molar-refractivity contribution in [3.05, 3.63) is 57.0 Å². The van der Waals surface area contributed by atoms with E-state index >= 15 is 0 Å². The summed E-state index contributed by atoms with van der Waals surface area (Å²) < 4.78 is 12.7. The first kappa shape index (κ1) is 22.0. The Morgan fingerprint density at radius 2 is 1.81 bits per heavy atom. The average molecular weight is 458 g/mol. The molecule has 0 aromatic heterocycles. The summed E-state index contributed by atoms with van der Waals surface area (Å²) in [6, 6.07) is 11.6. The zero-order valence-electron chi connectivity index (χ0n) is 15.4. The van der Waals surface area contributed by atoms with Crippen molar-refractivity contribution >= 4 is 27.5 Å². The highest BCUT2D eigenvalue weighted by Gasteiger charge is 2.11. The van der Waals surface area contributed by atoms with Gasteiger partial charge in [0.15, 0.2) is 11.5 Å². The molecule has 2 aromatic rings. The SMILES string of the molecule is CCOc1cc(CNCCNCCO)c(Br)cc1OCc1cccc(Cl)c1. The van der Waals surface area contributed by atoms with Crippen LogP contribution in [0.25, 0.3) is 0 Å². The number of aliphatic hydroxyl groups excluding tert-OH is 1. The van der Waals surface area contributed by atoms with Gasteiger partial charge in [-0.05, 0) is 42.3 Å². The first-order valence-electron chi connectivity index (χ1n) is 8.98. The topological polar surface area (TPSA) is 62.8 Å². The fourth-order valence-corrected chi connectivity index (χ4v) is 3.16. The lowest BCUT2D eigenvalue weighted by molar-refractivity contribution is 0.269. The molecule has 0 atom stereocenters. The Labute approximate surface area is 174 Å². The molecule has 0 radical (unpaired) electrons. The van der Waals surface area contributed by atoms with Crippen molar-refractivity contribution in [3.8, 4) is 11.5 Å². The number of hydrogen-bond donors (Lipinski definition) is 3. The number of halogens is 2. The first-order valence-corrected chi connectivity index (χ1v) is 10.2. The van der Waals surface area contributed by atoms with E-state index < -0.39 is 0 Å². The van der Waals surface area contributed by atoms with E-state index in [1.807, 2.05) is 43.3 Å². The summed E-state index contributed by atoms with van der Waals surface area (Å²) in [5.74, 6) is 1.41. The molecular formula is C20H26BrClN2O3. The van der Waals surface area contributed by atoms with Crippen LogP contribution in [-0.4, -0.2) is 38.0 Å². The third-order valence-electron chi connectivity index (χ3n) is 3.78. The Hall–Kier alpha value is -1.31. The van der Waals surface area contributed by atoms with Gasteiger partial charge in [0, 0.05) is 35.7 Å². The number of nitrogens with one attached hydrogen (secondary N) is 2. The lowest BCUT2D eigenvalue weighted by atomic mass is 10.2. The highest BCUT2D eigenvalue weighted by molar-refractivity contribution is 9.10. The van der Waals surface area contributed by atoms with Crippen molar-refractivity contribution < 1.29 is 14.6 Å². The minimum absolute atomic E-state index is 0.153. The van der Waals surface area contributed by atoms with Crippen LogP contribution in [0.2, 0.25) is 5.02 Å². The fraction of sp³-hybridized carbons (Fsp3) is 0.400. The van der Waals surface area contributed by atoms with Crippen LogP contribution in [0.15, 0.2) is 40.9 Å². The van der Waals surface area contributed by atoms with Gasteiger partial charge in [-0.1, -0.05) is 39.7 Å². The zero-order valence-corrected chi connectivity index (χ0v) is 17.8. The molecule has 148 valence electrons. The van der Waals surface area contributed by atoms with Crippen molar-refractivity contribution in [2.24, 2.45) is 0 Å². The molecule has 7 heteroatoms. The minimum Gasteiger partial charge on any atom is -0.490 e. The summed E-state index contributed by atoms with van der Waals surface area (Å²) in [7, 11) is 0. The number of hydrogen-bond acceptors (Lipinski definition) is 5. The van der Waals surface area contributed by atoms with E-state index in [2.05, 4.69) is 26.6 Å². The standard InChI is InChI=1S/C20H26BrClN2O3/c1-2-26-19-11-16(13-24-7-6-23-8-9-25)18(21)12-20(19)27-14-15-4-3-5-17(22)10-15/h3-5,10-12,23-25H,2,6-9,13-14H2,1H3. The number of rotatable bonds is 12. The molecule has 0 fully saturated rings. The van der Waals surface area contributed by atoms with Gasteiger partial charge >= 0.3 is 0 Å². The molecule has 3 N–H and O–H groups in total. The van der Waals surface area contributed by atoms with Gasteiger partial charge in [0.05, 0.1) is 13.2 Å². The molecule has 0 amide bonds. The van der Waals surface area contributed by atoms with Crippen LogP contribution in [0.5, 0.6) is 11.5 Å². The molecule has 0 unspecified atom stereocenters. The third kappa shape index (κ3) is 7.68. The van der Waals surface area contributed by atoms with Crippen molar-refractivity contribution in [2.45, 2.75) is 20.1 Å². The molecule has 0 aliphatic carbocycles. The van der Waals surface area contributed by atoms with E-state index in [0.29, 0.717) is 37.1 Å². The van der Waals surface area contributed by atoms with Crippen molar-refractivity contribution in [1.82, 2.24) is 10.6 Å². The van der Waals surface area contributed by atoms with E-state index in [4.69, 9.17) is 26.2 Å². The van der Waals surface area contributed by atoms with Crippen LogP contribution < -0.4 is 20.1 Å². The van der Waals surface area contributed by atoms with Gasteiger partial charge in [0.25, 0.3) is 0 Å². The zero-order chi connectivity index (χ0) is 19.5. The van der Waals surface area contributed by atoms with E-state index in [-0.39, 0.29) is 6.61 Å². The van der Waals surface area contributed by atoms with Crippen LogP contribution in [0, 0.1) is 0 Å². The summed E-state index contributed by atoms with van der Waals surface area (Å²) in [6.07, 6.45) is 0. The Morgan fingerprint density at radius 1 is 1.04 bits per heavy atom. The normalized spacial score (nSPS) is 10.8. The molecule has 0 saturated heterocycles. The molecule has 0 heterocycles. The largest absolute Gasteiger partial charge is 0.490 e. The predicted octanol–water partition coefficient (Wildman–Crippen LogP) is 3.75. The lowest BCUT2D eigenvalue weighted by Gasteiger charge is -2.16. The summed E-state index contributed by atoms with van der Waals surface area (Å²) in [6.45, 7) is 6.01. The molecule has 2 aromatic carbocycles. The van der Waals surface area contributed by atoms with Crippen LogP contribution >= 0.6 is 27.5 Å².